The van der Waals surface area contributed by atoms with Gasteiger partial charge in [0.1, 0.15) is 11.8 Å². The van der Waals surface area contributed by atoms with Gasteiger partial charge in [0.25, 0.3) is 0 Å². The number of hydrogen-bond acceptors (Lipinski definition) is 5. The van der Waals surface area contributed by atoms with E-state index in [4.69, 9.17) is 10.00 Å². The van der Waals surface area contributed by atoms with E-state index in [0.717, 1.165) is 25.4 Å². The molecule has 0 radical (unpaired) electrons. The van der Waals surface area contributed by atoms with Gasteiger partial charge in [-0.3, -0.25) is 4.90 Å². The van der Waals surface area contributed by atoms with Gasteiger partial charge in [-0.2, -0.15) is 5.26 Å². The predicted molar refractivity (Wildman–Crippen MR) is 71.8 cm³/mol. The molecule has 1 N–H and O–H groups in total. The Balaban J connectivity index is 1.50. The van der Waals surface area contributed by atoms with Gasteiger partial charge in [0, 0.05) is 19.1 Å². The zero-order chi connectivity index (χ0) is 13.1. The molecule has 0 aliphatic carbocycles. The molecular formula is C14H18N4O. The lowest BCUT2D eigenvalue weighted by Crippen LogP contribution is -2.48. The Hall–Kier alpha value is -1.64. The van der Waals surface area contributed by atoms with Crippen LogP contribution >= 0.6 is 0 Å². The Morgan fingerprint density at radius 2 is 2.47 bits per heavy atom. The summed E-state index contributed by atoms with van der Waals surface area (Å²) in [4.78, 5) is 6.57. The zero-order valence-corrected chi connectivity index (χ0v) is 10.9. The van der Waals surface area contributed by atoms with Crippen molar-refractivity contribution < 1.29 is 4.74 Å². The first kappa shape index (κ1) is 12.4. The van der Waals surface area contributed by atoms with E-state index in [2.05, 4.69) is 15.2 Å². The number of nitrogens with one attached hydrogen (secondary N) is 1. The van der Waals surface area contributed by atoms with Crippen LogP contribution in [0, 0.1) is 11.3 Å². The molecule has 2 fully saturated rings. The fourth-order valence-corrected chi connectivity index (χ4v) is 2.81. The van der Waals surface area contributed by atoms with Crippen LogP contribution in [0.3, 0.4) is 0 Å². The van der Waals surface area contributed by atoms with Gasteiger partial charge >= 0.3 is 0 Å². The third-order valence-electron chi connectivity index (χ3n) is 3.87. The predicted octanol–water partition coefficient (Wildman–Crippen LogP) is 1.23. The molecule has 2 saturated heterocycles. The Morgan fingerprint density at radius 3 is 3.26 bits per heavy atom. The number of pyridine rings is 1. The van der Waals surface area contributed by atoms with Crippen LogP contribution in [0.5, 0.6) is 0 Å². The molecule has 0 amide bonds. The van der Waals surface area contributed by atoms with Gasteiger partial charge < -0.3 is 10.1 Å². The van der Waals surface area contributed by atoms with Crippen molar-refractivity contribution in [1.82, 2.24) is 9.88 Å². The number of hydrogen-bond donors (Lipinski definition) is 1. The largest absolute Gasteiger partial charge is 0.381 e. The average Bonchev–Trinajstić information content (AvgIpc) is 2.93. The first-order valence-corrected chi connectivity index (χ1v) is 6.81. The van der Waals surface area contributed by atoms with Crippen molar-refractivity contribution in [2.24, 2.45) is 0 Å². The SMILES string of the molecule is N#Cc1ccc(NCC2CN3CCCC3CO2)cn1. The van der Waals surface area contributed by atoms with Crippen LogP contribution in [0.15, 0.2) is 18.3 Å². The quantitative estimate of drug-likeness (QED) is 0.883. The highest BCUT2D eigenvalue weighted by molar-refractivity contribution is 5.42. The van der Waals surface area contributed by atoms with Crippen molar-refractivity contribution in [3.05, 3.63) is 24.0 Å². The van der Waals surface area contributed by atoms with Gasteiger partial charge in [0.15, 0.2) is 0 Å². The Morgan fingerprint density at radius 1 is 1.53 bits per heavy atom. The minimum absolute atomic E-state index is 0.241. The second kappa shape index (κ2) is 5.55. The number of ether oxygens (including phenoxy) is 1. The minimum atomic E-state index is 0.241. The Bertz CT molecular complexity index is 467. The third-order valence-corrected chi connectivity index (χ3v) is 3.87. The molecule has 100 valence electrons. The lowest BCUT2D eigenvalue weighted by molar-refractivity contribution is -0.0415. The van der Waals surface area contributed by atoms with Gasteiger partial charge in [-0.1, -0.05) is 0 Å². The van der Waals surface area contributed by atoms with Crippen LogP contribution in [-0.4, -0.2) is 48.3 Å². The van der Waals surface area contributed by atoms with Crippen LogP contribution in [-0.2, 0) is 4.74 Å². The topological polar surface area (TPSA) is 61.2 Å². The lowest BCUT2D eigenvalue weighted by Gasteiger charge is -2.35. The molecule has 2 atom stereocenters. The maximum atomic E-state index is 8.69. The normalized spacial score (nSPS) is 26.7. The molecule has 1 aromatic rings. The van der Waals surface area contributed by atoms with E-state index >= 15 is 0 Å². The van der Waals surface area contributed by atoms with Crippen LogP contribution in [0.2, 0.25) is 0 Å². The summed E-state index contributed by atoms with van der Waals surface area (Å²) in [6.45, 7) is 3.87. The van der Waals surface area contributed by atoms with Gasteiger partial charge in [-0.25, -0.2) is 4.98 Å². The standard InChI is InChI=1S/C14H18N4O/c15-6-11-3-4-12(7-16-11)17-8-14-9-18-5-1-2-13(18)10-19-14/h3-4,7,13-14,17H,1-2,5,8-10H2. The smallest absolute Gasteiger partial charge is 0.140 e. The highest BCUT2D eigenvalue weighted by Crippen LogP contribution is 2.22. The van der Waals surface area contributed by atoms with Crippen molar-refractivity contribution in [2.45, 2.75) is 25.0 Å². The average molecular weight is 258 g/mol. The first-order chi connectivity index (χ1) is 9.35. The fraction of sp³-hybridized carbons (Fsp3) is 0.571. The summed E-state index contributed by atoms with van der Waals surface area (Å²) in [6.07, 6.45) is 4.51. The molecule has 19 heavy (non-hydrogen) atoms. The molecule has 0 saturated carbocycles. The van der Waals surface area contributed by atoms with Crippen molar-refractivity contribution >= 4 is 5.69 Å². The Labute approximate surface area is 113 Å². The lowest BCUT2D eigenvalue weighted by atomic mass is 10.2. The molecule has 5 nitrogen and oxygen atoms in total. The number of nitrogens with zero attached hydrogens (tertiary/aromatic N) is 3. The highest BCUT2D eigenvalue weighted by Gasteiger charge is 2.31. The van der Waals surface area contributed by atoms with E-state index in [9.17, 15) is 0 Å². The molecule has 0 spiro atoms. The molecule has 2 aliphatic heterocycles. The van der Waals surface area contributed by atoms with Gasteiger partial charge in [-0.15, -0.1) is 0 Å². The molecule has 2 unspecified atom stereocenters. The van der Waals surface area contributed by atoms with E-state index in [1.165, 1.54) is 19.4 Å². The number of anilines is 1. The number of fused-ring (bicyclic) bond motifs is 1. The fourth-order valence-electron chi connectivity index (χ4n) is 2.81. The van der Waals surface area contributed by atoms with Crippen LogP contribution in [0.1, 0.15) is 18.5 Å². The molecule has 1 aromatic heterocycles. The van der Waals surface area contributed by atoms with E-state index in [0.29, 0.717) is 11.7 Å². The van der Waals surface area contributed by atoms with Gasteiger partial charge in [0.05, 0.1) is 24.6 Å². The number of rotatable bonds is 3. The molecule has 3 heterocycles. The summed E-state index contributed by atoms with van der Waals surface area (Å²) < 4.78 is 5.88. The van der Waals surface area contributed by atoms with Gasteiger partial charge in [0.2, 0.25) is 0 Å². The second-order valence-corrected chi connectivity index (χ2v) is 5.17. The highest BCUT2D eigenvalue weighted by atomic mass is 16.5. The second-order valence-electron chi connectivity index (χ2n) is 5.17. The van der Waals surface area contributed by atoms with Crippen LogP contribution in [0.4, 0.5) is 5.69 Å². The van der Waals surface area contributed by atoms with E-state index in [1.54, 1.807) is 12.3 Å². The molecule has 3 rings (SSSR count). The van der Waals surface area contributed by atoms with Crippen molar-refractivity contribution in [2.75, 3.05) is 31.6 Å². The minimum Gasteiger partial charge on any atom is -0.381 e. The maximum Gasteiger partial charge on any atom is 0.140 e. The van der Waals surface area contributed by atoms with Crippen LogP contribution in [0.25, 0.3) is 0 Å². The van der Waals surface area contributed by atoms with E-state index in [1.807, 2.05) is 12.1 Å². The number of morpholine rings is 1. The third kappa shape index (κ3) is 2.86. The maximum absolute atomic E-state index is 8.69. The molecule has 5 heteroatoms. The monoisotopic (exact) mass is 258 g/mol. The van der Waals surface area contributed by atoms with Crippen LogP contribution < -0.4 is 5.32 Å². The first-order valence-electron chi connectivity index (χ1n) is 6.81. The zero-order valence-electron chi connectivity index (χ0n) is 10.9. The Kier molecular flexibility index (Phi) is 3.62. The van der Waals surface area contributed by atoms with Crippen molar-refractivity contribution in [3.63, 3.8) is 0 Å². The molecule has 2 aliphatic rings. The van der Waals surface area contributed by atoms with Crippen molar-refractivity contribution in [1.29, 1.82) is 5.26 Å². The summed E-state index contributed by atoms with van der Waals surface area (Å²) in [7, 11) is 0. The number of aromatic nitrogens is 1. The summed E-state index contributed by atoms with van der Waals surface area (Å²) in [5, 5.41) is 12.0. The summed E-state index contributed by atoms with van der Waals surface area (Å²) in [6, 6.07) is 6.27. The summed E-state index contributed by atoms with van der Waals surface area (Å²) >= 11 is 0. The summed E-state index contributed by atoms with van der Waals surface area (Å²) in [5.74, 6) is 0. The van der Waals surface area contributed by atoms with Gasteiger partial charge in [-0.05, 0) is 31.5 Å². The molecule has 0 bridgehead atoms. The molecular weight excluding hydrogens is 240 g/mol. The number of nitriles is 1. The molecule has 0 aromatic carbocycles. The van der Waals surface area contributed by atoms with E-state index < -0.39 is 0 Å². The summed E-state index contributed by atoms with van der Waals surface area (Å²) in [5.41, 5.74) is 1.38. The van der Waals surface area contributed by atoms with E-state index in [-0.39, 0.29) is 6.10 Å². The van der Waals surface area contributed by atoms with Crippen molar-refractivity contribution in [3.8, 4) is 6.07 Å².